The fraction of sp³-hybridized carbons (Fsp3) is 0.368. The summed E-state index contributed by atoms with van der Waals surface area (Å²) in [7, 11) is -3.11. The molecule has 0 spiro atoms. The monoisotopic (exact) mass is 327 g/mol. The summed E-state index contributed by atoms with van der Waals surface area (Å²) in [5, 5.41) is -0.461. The second kappa shape index (κ2) is 5.46. The molecule has 3 nitrogen and oxygen atoms in total. The third kappa shape index (κ3) is 2.24. The van der Waals surface area contributed by atoms with Crippen LogP contribution in [0.25, 0.3) is 0 Å². The molecule has 0 bridgehead atoms. The van der Waals surface area contributed by atoms with Gasteiger partial charge in [-0.05, 0) is 37.1 Å². The predicted octanol–water partition coefficient (Wildman–Crippen LogP) is 3.15. The van der Waals surface area contributed by atoms with E-state index in [0.29, 0.717) is 0 Å². The van der Waals surface area contributed by atoms with Crippen molar-refractivity contribution in [3.05, 3.63) is 71.8 Å². The maximum Gasteiger partial charge on any atom is 0.161 e. The van der Waals surface area contributed by atoms with Crippen molar-refractivity contribution >= 4 is 9.84 Å². The quantitative estimate of drug-likeness (QED) is 0.869. The lowest BCUT2D eigenvalue weighted by Crippen LogP contribution is -2.63. The molecule has 4 heteroatoms. The summed E-state index contributed by atoms with van der Waals surface area (Å²) in [4.78, 5) is 2.40. The van der Waals surface area contributed by atoms with Crippen molar-refractivity contribution < 1.29 is 8.42 Å². The largest absolute Gasteiger partial charge is 0.291 e. The van der Waals surface area contributed by atoms with Gasteiger partial charge in [0.15, 0.2) is 9.84 Å². The zero-order valence-electron chi connectivity index (χ0n) is 13.1. The molecular weight excluding hydrogens is 306 g/mol. The molecular formula is C19H21NO2S. The highest BCUT2D eigenvalue weighted by molar-refractivity contribution is 7.93. The maximum absolute atomic E-state index is 12.7. The van der Waals surface area contributed by atoms with Crippen LogP contribution in [0.1, 0.15) is 29.2 Å². The summed E-state index contributed by atoms with van der Waals surface area (Å²) in [5.74, 6) is 0.226. The average Bonchev–Trinajstić information content (AvgIpc) is 3.09. The van der Waals surface area contributed by atoms with Crippen molar-refractivity contribution in [1.29, 1.82) is 0 Å². The Morgan fingerprint density at radius 2 is 1.43 bits per heavy atom. The van der Waals surface area contributed by atoms with Gasteiger partial charge in [-0.25, -0.2) is 8.42 Å². The van der Waals surface area contributed by atoms with E-state index in [-0.39, 0.29) is 5.75 Å². The summed E-state index contributed by atoms with van der Waals surface area (Å²) in [6.07, 6.45) is 2.30. The molecule has 23 heavy (non-hydrogen) atoms. The van der Waals surface area contributed by atoms with Gasteiger partial charge < -0.3 is 0 Å². The van der Waals surface area contributed by atoms with E-state index in [0.717, 1.165) is 37.1 Å². The van der Waals surface area contributed by atoms with Gasteiger partial charge in [-0.3, -0.25) is 4.90 Å². The van der Waals surface area contributed by atoms with Gasteiger partial charge in [-0.15, -0.1) is 0 Å². The van der Waals surface area contributed by atoms with Gasteiger partial charge in [-0.1, -0.05) is 60.7 Å². The molecule has 0 aliphatic carbocycles. The summed E-state index contributed by atoms with van der Waals surface area (Å²) >= 11 is 0. The highest BCUT2D eigenvalue weighted by Crippen LogP contribution is 2.55. The molecule has 2 heterocycles. The van der Waals surface area contributed by atoms with Crippen molar-refractivity contribution in [3.63, 3.8) is 0 Å². The SMILES string of the molecule is O=S1(=O)C[C@@](c2ccccc2)(N2CCCC2)[C@@H]1c1ccccc1. The van der Waals surface area contributed by atoms with E-state index in [9.17, 15) is 8.42 Å². The fourth-order valence-electron chi connectivity index (χ4n) is 4.29. The van der Waals surface area contributed by atoms with E-state index in [1.165, 1.54) is 0 Å². The Labute approximate surface area is 137 Å². The first-order valence-electron chi connectivity index (χ1n) is 8.22. The highest BCUT2D eigenvalue weighted by Gasteiger charge is 2.63. The Kier molecular flexibility index (Phi) is 3.54. The molecule has 2 saturated heterocycles. The van der Waals surface area contributed by atoms with Gasteiger partial charge in [0, 0.05) is 0 Å². The molecule has 2 aliphatic heterocycles. The lowest BCUT2D eigenvalue weighted by atomic mass is 9.82. The van der Waals surface area contributed by atoms with Crippen LogP contribution >= 0.6 is 0 Å². The third-order valence-electron chi connectivity index (χ3n) is 5.26. The summed E-state index contributed by atoms with van der Waals surface area (Å²) in [6.45, 7) is 1.96. The molecule has 0 N–H and O–H groups in total. The Balaban J connectivity index is 1.89. The zero-order valence-corrected chi connectivity index (χ0v) is 13.9. The number of hydrogen-bond acceptors (Lipinski definition) is 3. The van der Waals surface area contributed by atoms with Gasteiger partial charge in [0.05, 0.1) is 11.3 Å². The molecule has 2 aromatic rings. The lowest BCUT2D eigenvalue weighted by molar-refractivity contribution is 0.110. The van der Waals surface area contributed by atoms with E-state index in [2.05, 4.69) is 17.0 Å². The fourth-order valence-corrected chi connectivity index (χ4v) is 6.82. The van der Waals surface area contributed by atoms with Crippen molar-refractivity contribution in [1.82, 2.24) is 4.90 Å². The Bertz CT molecular complexity index is 783. The molecule has 0 unspecified atom stereocenters. The minimum Gasteiger partial charge on any atom is -0.291 e. The molecule has 0 aromatic heterocycles. The first kappa shape index (κ1) is 14.9. The van der Waals surface area contributed by atoms with E-state index in [4.69, 9.17) is 0 Å². The van der Waals surface area contributed by atoms with Crippen molar-refractivity contribution in [2.75, 3.05) is 18.8 Å². The van der Waals surface area contributed by atoms with E-state index >= 15 is 0 Å². The Hall–Kier alpha value is -1.65. The molecule has 0 amide bonds. The van der Waals surface area contributed by atoms with Gasteiger partial charge in [0.2, 0.25) is 0 Å². The Morgan fingerprint density at radius 3 is 2.00 bits per heavy atom. The van der Waals surface area contributed by atoms with Gasteiger partial charge in [0.25, 0.3) is 0 Å². The minimum atomic E-state index is -3.11. The highest BCUT2D eigenvalue weighted by atomic mass is 32.2. The van der Waals surface area contributed by atoms with E-state index in [1.54, 1.807) is 0 Å². The van der Waals surface area contributed by atoms with Crippen molar-refractivity contribution in [2.24, 2.45) is 0 Å². The number of sulfone groups is 1. The number of rotatable bonds is 3. The maximum atomic E-state index is 12.7. The number of benzene rings is 2. The molecule has 2 aliphatic rings. The van der Waals surface area contributed by atoms with Crippen LogP contribution in [0, 0.1) is 0 Å². The molecule has 2 atom stereocenters. The second-order valence-corrected chi connectivity index (χ2v) is 8.67. The Morgan fingerprint density at radius 1 is 0.870 bits per heavy atom. The van der Waals surface area contributed by atoms with Gasteiger partial charge in [-0.2, -0.15) is 0 Å². The average molecular weight is 327 g/mol. The summed E-state index contributed by atoms with van der Waals surface area (Å²) in [6, 6.07) is 19.9. The number of hydrogen-bond donors (Lipinski definition) is 0. The third-order valence-corrected chi connectivity index (χ3v) is 7.48. The lowest BCUT2D eigenvalue weighted by Gasteiger charge is -2.54. The molecule has 0 radical (unpaired) electrons. The first-order valence-corrected chi connectivity index (χ1v) is 9.93. The number of likely N-dealkylation sites (tertiary alicyclic amines) is 1. The summed E-state index contributed by atoms with van der Waals surface area (Å²) < 4.78 is 25.5. The molecule has 120 valence electrons. The van der Waals surface area contributed by atoms with Crippen LogP contribution in [0.2, 0.25) is 0 Å². The minimum absolute atomic E-state index is 0.226. The van der Waals surface area contributed by atoms with E-state index in [1.807, 2.05) is 48.5 Å². The molecule has 2 fully saturated rings. The second-order valence-electron chi connectivity index (χ2n) is 6.58. The van der Waals surface area contributed by atoms with Gasteiger partial charge >= 0.3 is 0 Å². The summed E-state index contributed by atoms with van der Waals surface area (Å²) in [5.41, 5.74) is 1.64. The van der Waals surface area contributed by atoms with Crippen LogP contribution in [0.3, 0.4) is 0 Å². The van der Waals surface area contributed by atoms with Crippen LogP contribution in [-0.4, -0.2) is 32.2 Å². The van der Waals surface area contributed by atoms with Crippen LogP contribution in [0.15, 0.2) is 60.7 Å². The topological polar surface area (TPSA) is 37.4 Å². The normalized spacial score (nSPS) is 30.0. The van der Waals surface area contributed by atoms with Crippen molar-refractivity contribution in [2.45, 2.75) is 23.6 Å². The van der Waals surface area contributed by atoms with Crippen LogP contribution in [0.5, 0.6) is 0 Å². The smallest absolute Gasteiger partial charge is 0.161 e. The standard InChI is InChI=1S/C19H21NO2S/c21-23(22)15-19(20-13-7-8-14-20,17-11-5-2-6-12-17)18(23)16-9-3-1-4-10-16/h1-6,9-12,18H,7-8,13-15H2/t18-,19-/m0/s1. The molecule has 4 rings (SSSR count). The molecule has 0 saturated carbocycles. The van der Waals surface area contributed by atoms with Crippen LogP contribution in [-0.2, 0) is 15.4 Å². The number of nitrogens with zero attached hydrogens (tertiary/aromatic N) is 1. The van der Waals surface area contributed by atoms with Crippen molar-refractivity contribution in [3.8, 4) is 0 Å². The van der Waals surface area contributed by atoms with Crippen LogP contribution in [0.4, 0.5) is 0 Å². The predicted molar refractivity (Wildman–Crippen MR) is 91.9 cm³/mol. The van der Waals surface area contributed by atoms with E-state index < -0.39 is 20.6 Å². The van der Waals surface area contributed by atoms with Gasteiger partial charge in [0.1, 0.15) is 5.25 Å². The first-order chi connectivity index (χ1) is 11.1. The zero-order chi connectivity index (χ0) is 15.9. The molecule has 2 aromatic carbocycles. The van der Waals surface area contributed by atoms with Crippen LogP contribution < -0.4 is 0 Å².